The van der Waals surface area contributed by atoms with Gasteiger partial charge in [-0.05, 0) is 117 Å². The van der Waals surface area contributed by atoms with E-state index in [2.05, 4.69) is 0 Å². The molecule has 1 amide bonds. The molecule has 4 rings (SSSR count). The number of carbonyl (C=O) groups excluding carboxylic acids is 2. The highest BCUT2D eigenvalue weighted by atomic mass is 35.5. The number of esters is 1. The van der Waals surface area contributed by atoms with Gasteiger partial charge in [0.2, 0.25) is 5.91 Å². The number of amides is 1. The molecule has 3 aromatic rings. The fraction of sp³-hybridized carbons (Fsp3) is 0.438. The Hall–Kier alpha value is -2.09. The lowest BCUT2D eigenvalue weighted by Crippen LogP contribution is -2.28. The van der Waals surface area contributed by atoms with Crippen LogP contribution in [0.15, 0.2) is 54.6 Å². The van der Waals surface area contributed by atoms with Crippen molar-refractivity contribution in [2.75, 3.05) is 11.4 Å². The minimum Gasteiger partial charge on any atom is -0.422 e. The van der Waals surface area contributed by atoms with Gasteiger partial charge in [0.1, 0.15) is 10.6 Å². The summed E-state index contributed by atoms with van der Waals surface area (Å²) in [4.78, 5) is 28.0. The number of rotatable bonds is 12. The zero-order valence-electron chi connectivity index (χ0n) is 23.3. The largest absolute Gasteiger partial charge is 0.422 e. The molecule has 1 saturated carbocycles. The van der Waals surface area contributed by atoms with Crippen LogP contribution in [0, 0.1) is 11.8 Å². The molecule has 1 aromatic heterocycles. The zero-order chi connectivity index (χ0) is 29.5. The number of hydrogen-bond acceptors (Lipinski definition) is 5. The Morgan fingerprint density at radius 3 is 2.37 bits per heavy atom. The third-order valence-corrected chi connectivity index (χ3v) is 9.74. The highest BCUT2D eigenvalue weighted by Gasteiger charge is 2.40. The molecule has 1 aliphatic carbocycles. The summed E-state index contributed by atoms with van der Waals surface area (Å²) in [5, 5.41) is 11.9. The number of ether oxygens (including phenoxy) is 1. The first-order valence-electron chi connectivity index (χ1n) is 14.1. The van der Waals surface area contributed by atoms with Crippen molar-refractivity contribution >= 4 is 63.7 Å². The molecule has 0 spiro atoms. The van der Waals surface area contributed by atoms with Crippen LogP contribution in [-0.2, 0) is 17.6 Å². The molecule has 0 radical (unpaired) electrons. The van der Waals surface area contributed by atoms with Crippen molar-refractivity contribution in [2.24, 2.45) is 11.8 Å². The first-order chi connectivity index (χ1) is 19.6. The molecule has 0 bridgehead atoms. The van der Waals surface area contributed by atoms with Crippen LogP contribution in [0.2, 0.25) is 10.0 Å². The molecule has 1 heterocycles. The molecule has 2 aromatic carbocycles. The van der Waals surface area contributed by atoms with Crippen molar-refractivity contribution in [3.63, 3.8) is 0 Å². The monoisotopic (exact) mass is 635 g/mol. The van der Waals surface area contributed by atoms with Crippen molar-refractivity contribution in [3.8, 4) is 5.75 Å². The Kier molecular flexibility index (Phi) is 11.6. The summed E-state index contributed by atoms with van der Waals surface area (Å²) in [6, 6.07) is 16.4. The van der Waals surface area contributed by atoms with Gasteiger partial charge in [0.25, 0.3) is 0 Å². The van der Waals surface area contributed by atoms with Gasteiger partial charge in [0, 0.05) is 39.5 Å². The number of thiophene rings is 1. The Labute approximate surface area is 261 Å². The average Bonchev–Trinajstić information content (AvgIpc) is 3.50. The number of aliphatic hydroxyl groups excluding tert-OH is 1. The third-order valence-electron chi connectivity index (χ3n) is 7.67. The number of carbonyl (C=O) groups is 2. The van der Waals surface area contributed by atoms with Crippen LogP contribution in [0.3, 0.4) is 0 Å². The molecule has 0 saturated heterocycles. The van der Waals surface area contributed by atoms with Crippen LogP contribution in [0.5, 0.6) is 5.75 Å². The van der Waals surface area contributed by atoms with Crippen molar-refractivity contribution in [2.45, 2.75) is 70.3 Å². The van der Waals surface area contributed by atoms with Crippen LogP contribution in [0.25, 0.3) is 0 Å². The van der Waals surface area contributed by atoms with Gasteiger partial charge in [-0.25, -0.2) is 4.79 Å². The van der Waals surface area contributed by atoms with E-state index in [1.165, 1.54) is 11.3 Å². The van der Waals surface area contributed by atoms with E-state index in [-0.39, 0.29) is 23.1 Å². The molecular weight excluding hydrogens is 601 g/mol. The van der Waals surface area contributed by atoms with E-state index < -0.39 is 12.1 Å². The Morgan fingerprint density at radius 1 is 1.00 bits per heavy atom. The zero-order valence-corrected chi connectivity index (χ0v) is 26.4. The predicted octanol–water partition coefficient (Wildman–Crippen LogP) is 8.60. The average molecular weight is 637 g/mol. The summed E-state index contributed by atoms with van der Waals surface area (Å²) in [6.07, 6.45) is 5.32. The molecule has 0 unspecified atom stereocenters. The number of benzene rings is 2. The highest BCUT2D eigenvalue weighted by molar-refractivity contribution is 7.13. The molecule has 220 valence electrons. The maximum atomic E-state index is 12.8. The van der Waals surface area contributed by atoms with Gasteiger partial charge >= 0.3 is 5.97 Å². The summed E-state index contributed by atoms with van der Waals surface area (Å²) >= 11 is 20.4. The number of nitrogens with zero attached hydrogens (tertiary/aromatic N) is 1. The quantitative estimate of drug-likeness (QED) is 0.123. The number of aryl methyl sites for hydroxylation is 2. The van der Waals surface area contributed by atoms with Crippen LogP contribution < -0.4 is 9.64 Å². The fourth-order valence-corrected chi connectivity index (χ4v) is 7.69. The lowest BCUT2D eigenvalue weighted by atomic mass is 9.85. The molecular formula is C32H36Cl3NO4S. The molecule has 1 fully saturated rings. The van der Waals surface area contributed by atoms with Crippen molar-refractivity contribution < 1.29 is 19.4 Å². The van der Waals surface area contributed by atoms with Gasteiger partial charge in [-0.2, -0.15) is 0 Å². The van der Waals surface area contributed by atoms with E-state index >= 15 is 0 Å². The predicted molar refractivity (Wildman–Crippen MR) is 169 cm³/mol. The van der Waals surface area contributed by atoms with Crippen molar-refractivity contribution in [3.05, 3.63) is 80.0 Å². The molecule has 41 heavy (non-hydrogen) atoms. The first-order valence-corrected chi connectivity index (χ1v) is 16.1. The molecule has 5 nitrogen and oxygen atoms in total. The number of alkyl halides is 1. The maximum Gasteiger partial charge on any atom is 0.353 e. The molecule has 1 N–H and O–H groups in total. The summed E-state index contributed by atoms with van der Waals surface area (Å²) in [5.74, 6) is 0.372. The summed E-state index contributed by atoms with van der Waals surface area (Å²) in [5.41, 5.74) is 1.84. The van der Waals surface area contributed by atoms with E-state index in [4.69, 9.17) is 39.5 Å². The van der Waals surface area contributed by atoms with Gasteiger partial charge < -0.3 is 14.7 Å². The molecule has 9 heteroatoms. The van der Waals surface area contributed by atoms with Crippen LogP contribution in [0.1, 0.15) is 66.1 Å². The molecule has 0 aliphatic heterocycles. The Bertz CT molecular complexity index is 1310. The van der Waals surface area contributed by atoms with Gasteiger partial charge in [0.05, 0.1) is 6.10 Å². The van der Waals surface area contributed by atoms with E-state index in [0.29, 0.717) is 33.6 Å². The minimum absolute atomic E-state index is 0.0215. The minimum atomic E-state index is -0.411. The smallest absolute Gasteiger partial charge is 0.353 e. The lowest BCUT2D eigenvalue weighted by molar-refractivity contribution is -0.116. The Morgan fingerprint density at radius 2 is 1.71 bits per heavy atom. The van der Waals surface area contributed by atoms with Crippen LogP contribution >= 0.6 is 46.1 Å². The second-order valence-corrected chi connectivity index (χ2v) is 13.3. The summed E-state index contributed by atoms with van der Waals surface area (Å²) in [7, 11) is 0. The number of halogens is 3. The summed E-state index contributed by atoms with van der Waals surface area (Å²) in [6.45, 7) is 4.20. The SMILES string of the molecule is CCCN(C(C)=O)c1ccc(OC(=O)c2ccc(CCC[C@@H]3[C@@H](CCc4cc(Cl)cc(Cl)c4)[C@H](O)C[C@H]3Cl)s2)cc1. The first kappa shape index (κ1) is 31.8. The normalized spacial score (nSPS) is 20.2. The van der Waals surface area contributed by atoms with Gasteiger partial charge in [0.15, 0.2) is 0 Å². The summed E-state index contributed by atoms with van der Waals surface area (Å²) < 4.78 is 5.58. The van der Waals surface area contributed by atoms with E-state index in [1.807, 2.05) is 25.1 Å². The highest BCUT2D eigenvalue weighted by Crippen LogP contribution is 2.42. The van der Waals surface area contributed by atoms with Crippen molar-refractivity contribution in [1.82, 2.24) is 0 Å². The second kappa shape index (κ2) is 14.9. The fourth-order valence-electron chi connectivity index (χ4n) is 5.70. The van der Waals surface area contributed by atoms with E-state index in [0.717, 1.165) is 54.7 Å². The number of anilines is 1. The topological polar surface area (TPSA) is 66.8 Å². The van der Waals surface area contributed by atoms with E-state index in [9.17, 15) is 14.7 Å². The lowest BCUT2D eigenvalue weighted by Gasteiger charge is -2.23. The van der Waals surface area contributed by atoms with Crippen LogP contribution in [-0.4, -0.2) is 35.0 Å². The second-order valence-electron chi connectivity index (χ2n) is 10.7. The molecule has 4 atom stereocenters. The maximum absolute atomic E-state index is 12.8. The van der Waals surface area contributed by atoms with Gasteiger partial charge in [-0.3, -0.25) is 4.79 Å². The van der Waals surface area contributed by atoms with Crippen LogP contribution in [0.4, 0.5) is 5.69 Å². The van der Waals surface area contributed by atoms with Gasteiger partial charge in [-0.1, -0.05) is 30.1 Å². The van der Waals surface area contributed by atoms with E-state index in [1.54, 1.807) is 48.2 Å². The molecule has 1 aliphatic rings. The van der Waals surface area contributed by atoms with Crippen molar-refractivity contribution in [1.29, 1.82) is 0 Å². The number of aliphatic hydroxyl groups is 1. The van der Waals surface area contributed by atoms with Gasteiger partial charge in [-0.15, -0.1) is 22.9 Å². The third kappa shape index (κ3) is 8.71. The standard InChI is InChI=1S/C32H36Cl3NO4S/c1-3-15-36(20(2)37)24-8-10-25(11-9-24)40-32(39)31-14-12-26(41-31)5-4-6-27-28(30(38)19-29(27)35)13-7-21-16-22(33)18-23(34)17-21/h8-12,14,16-18,27-30,38H,3-7,13,15,19H2,1-2H3/t27-,28-,29-,30-/m1/s1. The Balaban J connectivity index is 1.28. The number of hydrogen-bond donors (Lipinski definition) is 1.